The van der Waals surface area contributed by atoms with E-state index in [1.54, 1.807) is 31.4 Å². The van der Waals surface area contributed by atoms with Crippen molar-refractivity contribution >= 4 is 15.5 Å². The van der Waals surface area contributed by atoms with E-state index in [0.717, 1.165) is 18.8 Å². The molecule has 2 aromatic carbocycles. The summed E-state index contributed by atoms with van der Waals surface area (Å²) in [6.07, 6.45) is 0. The fourth-order valence-corrected chi connectivity index (χ4v) is 4.47. The van der Waals surface area contributed by atoms with E-state index >= 15 is 0 Å². The van der Waals surface area contributed by atoms with Gasteiger partial charge in [-0.3, -0.25) is 0 Å². The Morgan fingerprint density at radius 3 is 2.00 bits per heavy atom. The number of sulfone groups is 1. The smallest absolute Gasteiger partial charge is 0.186 e. The number of rotatable bonds is 8. The molecule has 6 heteroatoms. The van der Waals surface area contributed by atoms with Crippen LogP contribution in [0.15, 0.2) is 53.4 Å². The van der Waals surface area contributed by atoms with Gasteiger partial charge in [-0.2, -0.15) is 0 Å². The van der Waals surface area contributed by atoms with Gasteiger partial charge in [0.15, 0.2) is 9.84 Å². The first-order chi connectivity index (χ1) is 12.0. The van der Waals surface area contributed by atoms with E-state index in [1.807, 2.05) is 24.3 Å². The molecule has 0 saturated carbocycles. The van der Waals surface area contributed by atoms with Crippen LogP contribution in [-0.2, 0) is 9.84 Å². The molecule has 0 aromatic heterocycles. The van der Waals surface area contributed by atoms with Crippen LogP contribution in [0.5, 0.6) is 5.75 Å². The van der Waals surface area contributed by atoms with Gasteiger partial charge >= 0.3 is 0 Å². The lowest BCUT2D eigenvalue weighted by atomic mass is 10.1. The Labute approximate surface area is 150 Å². The number of ether oxygens (including phenoxy) is 1. The first-order valence-corrected chi connectivity index (χ1v) is 9.95. The van der Waals surface area contributed by atoms with Crippen LogP contribution in [0.25, 0.3) is 0 Å². The lowest BCUT2D eigenvalue weighted by Gasteiger charge is -2.22. The lowest BCUT2D eigenvalue weighted by Crippen LogP contribution is -2.23. The van der Waals surface area contributed by atoms with Crippen LogP contribution in [0.2, 0.25) is 0 Å². The average Bonchev–Trinajstić information content (AvgIpc) is 2.64. The van der Waals surface area contributed by atoms with E-state index in [2.05, 4.69) is 18.7 Å². The van der Waals surface area contributed by atoms with E-state index < -0.39 is 15.1 Å². The van der Waals surface area contributed by atoms with Crippen molar-refractivity contribution in [1.82, 2.24) is 0 Å². The van der Waals surface area contributed by atoms with Crippen molar-refractivity contribution < 1.29 is 13.2 Å². The third-order valence-electron chi connectivity index (χ3n) is 4.37. The predicted molar refractivity (Wildman–Crippen MR) is 102 cm³/mol. The fourth-order valence-electron chi connectivity index (χ4n) is 2.86. The molecule has 2 N–H and O–H groups in total. The topological polar surface area (TPSA) is 72.6 Å². The second kappa shape index (κ2) is 8.36. The molecule has 0 unspecified atom stereocenters. The molecule has 2 rings (SSSR count). The highest BCUT2D eigenvalue weighted by Crippen LogP contribution is 2.30. The lowest BCUT2D eigenvalue weighted by molar-refractivity contribution is 0.414. The molecule has 5 nitrogen and oxygen atoms in total. The monoisotopic (exact) mass is 362 g/mol. The molecule has 0 radical (unpaired) electrons. The molecule has 0 amide bonds. The van der Waals surface area contributed by atoms with Gasteiger partial charge in [0.25, 0.3) is 0 Å². The molecule has 0 saturated heterocycles. The average molecular weight is 362 g/mol. The molecule has 0 bridgehead atoms. The minimum atomic E-state index is -3.57. The summed E-state index contributed by atoms with van der Waals surface area (Å²) in [5, 5.41) is -0.772. The van der Waals surface area contributed by atoms with Crippen LogP contribution >= 0.6 is 0 Å². The number of benzene rings is 2. The van der Waals surface area contributed by atoms with Crippen LogP contribution < -0.4 is 15.4 Å². The maximum atomic E-state index is 13.0. The van der Waals surface area contributed by atoms with Gasteiger partial charge in [-0.25, -0.2) is 8.42 Å². The van der Waals surface area contributed by atoms with Gasteiger partial charge in [-0.1, -0.05) is 12.1 Å². The number of hydrogen-bond donors (Lipinski definition) is 1. The Bertz CT molecular complexity index is 767. The van der Waals surface area contributed by atoms with Gasteiger partial charge in [0.1, 0.15) is 11.0 Å². The Hall–Kier alpha value is -2.05. The van der Waals surface area contributed by atoms with Crippen molar-refractivity contribution in [1.29, 1.82) is 0 Å². The minimum Gasteiger partial charge on any atom is -0.497 e. The Morgan fingerprint density at radius 2 is 1.56 bits per heavy atom. The highest BCUT2D eigenvalue weighted by Gasteiger charge is 2.28. The van der Waals surface area contributed by atoms with Gasteiger partial charge < -0.3 is 15.4 Å². The molecule has 0 aliphatic rings. The summed E-state index contributed by atoms with van der Waals surface area (Å²) in [6.45, 7) is 6.02. The summed E-state index contributed by atoms with van der Waals surface area (Å²) in [7, 11) is -2.02. The molecule has 0 heterocycles. The van der Waals surface area contributed by atoms with Gasteiger partial charge in [0.2, 0.25) is 0 Å². The molecule has 0 spiro atoms. The summed E-state index contributed by atoms with van der Waals surface area (Å²) in [4.78, 5) is 2.45. The molecule has 0 aliphatic carbocycles. The van der Waals surface area contributed by atoms with Crippen molar-refractivity contribution in [3.8, 4) is 5.75 Å². The molecule has 0 fully saturated rings. The third-order valence-corrected chi connectivity index (χ3v) is 6.51. The summed E-state index contributed by atoms with van der Waals surface area (Å²) < 4.78 is 31.0. The highest BCUT2D eigenvalue weighted by molar-refractivity contribution is 7.91. The van der Waals surface area contributed by atoms with E-state index in [1.165, 1.54) is 0 Å². The summed E-state index contributed by atoms with van der Waals surface area (Å²) >= 11 is 0. The van der Waals surface area contributed by atoms with Crippen molar-refractivity contribution in [3.05, 3.63) is 54.1 Å². The number of anilines is 1. The highest BCUT2D eigenvalue weighted by atomic mass is 32.2. The molecule has 25 heavy (non-hydrogen) atoms. The van der Waals surface area contributed by atoms with Gasteiger partial charge in [-0.05, 0) is 55.8 Å². The van der Waals surface area contributed by atoms with Crippen LogP contribution in [0, 0.1) is 0 Å². The Kier molecular flexibility index (Phi) is 6.45. The molecule has 1 atom stereocenters. The largest absolute Gasteiger partial charge is 0.497 e. The van der Waals surface area contributed by atoms with Crippen molar-refractivity contribution in [3.63, 3.8) is 0 Å². The van der Waals surface area contributed by atoms with Crippen molar-refractivity contribution in [2.45, 2.75) is 24.0 Å². The first kappa shape index (κ1) is 19.3. The van der Waals surface area contributed by atoms with Crippen molar-refractivity contribution in [2.24, 2.45) is 5.73 Å². The zero-order valence-electron chi connectivity index (χ0n) is 15.0. The fraction of sp³-hybridized carbons (Fsp3) is 0.368. The van der Waals surface area contributed by atoms with Crippen molar-refractivity contribution in [2.75, 3.05) is 31.6 Å². The second-order valence-corrected chi connectivity index (χ2v) is 7.84. The summed E-state index contributed by atoms with van der Waals surface area (Å²) in [5.41, 5.74) is 7.60. The van der Waals surface area contributed by atoms with Gasteiger partial charge in [0.05, 0.1) is 12.0 Å². The number of nitrogens with zero attached hydrogens (tertiary/aromatic N) is 1. The molecule has 0 aliphatic heterocycles. The zero-order valence-corrected chi connectivity index (χ0v) is 15.8. The molecular formula is C19H26N2O3S. The Morgan fingerprint density at radius 1 is 1.00 bits per heavy atom. The van der Waals surface area contributed by atoms with Crippen LogP contribution in [-0.4, -0.2) is 35.2 Å². The predicted octanol–water partition coefficient (Wildman–Crippen LogP) is 3.02. The first-order valence-electron chi connectivity index (χ1n) is 8.40. The van der Waals surface area contributed by atoms with Gasteiger partial charge in [0, 0.05) is 25.3 Å². The van der Waals surface area contributed by atoms with E-state index in [9.17, 15) is 8.42 Å². The maximum Gasteiger partial charge on any atom is 0.186 e. The van der Waals surface area contributed by atoms with Crippen LogP contribution in [0.3, 0.4) is 0 Å². The van der Waals surface area contributed by atoms with E-state index in [0.29, 0.717) is 11.3 Å². The van der Waals surface area contributed by atoms with Crippen LogP contribution in [0.1, 0.15) is 24.7 Å². The molecule has 136 valence electrons. The van der Waals surface area contributed by atoms with Crippen LogP contribution in [0.4, 0.5) is 5.69 Å². The number of methoxy groups -OCH3 is 1. The number of hydrogen-bond acceptors (Lipinski definition) is 5. The quantitative estimate of drug-likeness (QED) is 0.781. The Balaban J connectivity index is 2.34. The zero-order chi connectivity index (χ0) is 18.4. The van der Waals surface area contributed by atoms with E-state index in [-0.39, 0.29) is 11.4 Å². The SMILES string of the molecule is CCN(CC)c1ccc([C@@H](CN)S(=O)(=O)c2ccc(OC)cc2)cc1. The summed E-state index contributed by atoms with van der Waals surface area (Å²) in [5.74, 6) is 0.617. The third kappa shape index (κ3) is 4.14. The molecule has 2 aromatic rings. The number of nitrogens with two attached hydrogens (primary N) is 1. The maximum absolute atomic E-state index is 13.0. The van der Waals surface area contributed by atoms with E-state index in [4.69, 9.17) is 10.5 Å². The van der Waals surface area contributed by atoms with Gasteiger partial charge in [-0.15, -0.1) is 0 Å². The standard InChI is InChI=1S/C19H26N2O3S/c1-4-21(5-2)16-8-6-15(7-9-16)19(14-20)25(22,23)18-12-10-17(24-3)11-13-18/h6-13,19H,4-5,14,20H2,1-3H3/t19-/m1/s1. The second-order valence-electron chi connectivity index (χ2n) is 5.71. The minimum absolute atomic E-state index is 0.0268. The summed E-state index contributed by atoms with van der Waals surface area (Å²) in [6, 6.07) is 14.0. The normalized spacial score (nSPS) is 12.6. The molecular weight excluding hydrogens is 336 g/mol.